The average Bonchev–Trinajstić information content (AvgIpc) is 2.94. The maximum Gasteiger partial charge on any atom is 0.330 e. The Morgan fingerprint density at radius 3 is 2.71 bits per heavy atom. The molecular weight excluding hydrogens is 290 g/mol. The molecule has 21 heavy (non-hydrogen) atoms. The lowest BCUT2D eigenvalue weighted by Gasteiger charge is -2.24. The maximum absolute atomic E-state index is 11.9. The monoisotopic (exact) mass is 309 g/mol. The number of ether oxygens (including phenoxy) is 1. The Kier molecular flexibility index (Phi) is 5.64. The van der Waals surface area contributed by atoms with Crippen LogP contribution in [0.4, 0.5) is 0 Å². The molecule has 0 aromatic heterocycles. The molecule has 6 heteroatoms. The number of hydrogen-bond donors (Lipinski definition) is 2. The maximum atomic E-state index is 11.9. The van der Waals surface area contributed by atoms with E-state index in [1.54, 1.807) is 11.8 Å². The minimum Gasteiger partial charge on any atom is -0.479 e. The molecule has 1 aromatic rings. The van der Waals surface area contributed by atoms with Gasteiger partial charge in [0.25, 0.3) is 0 Å². The van der Waals surface area contributed by atoms with Crippen molar-refractivity contribution in [2.75, 3.05) is 18.1 Å². The Hall–Kier alpha value is -1.53. The highest BCUT2D eigenvalue weighted by molar-refractivity contribution is 7.99. The Morgan fingerprint density at radius 1 is 1.33 bits per heavy atom. The molecular formula is C15H19NO4S. The SMILES string of the molecule is O=C(CCOCc1ccccc1)NC1(C(=O)O)CCSC1. The molecule has 0 radical (unpaired) electrons. The van der Waals surface area contributed by atoms with E-state index < -0.39 is 11.5 Å². The first-order valence-corrected chi connectivity index (χ1v) is 8.02. The van der Waals surface area contributed by atoms with Crippen LogP contribution >= 0.6 is 11.8 Å². The van der Waals surface area contributed by atoms with Crippen molar-refractivity contribution >= 4 is 23.6 Å². The molecule has 1 atom stereocenters. The molecule has 114 valence electrons. The number of amides is 1. The smallest absolute Gasteiger partial charge is 0.330 e. The van der Waals surface area contributed by atoms with Crippen LogP contribution in [0.1, 0.15) is 18.4 Å². The van der Waals surface area contributed by atoms with Crippen molar-refractivity contribution in [2.24, 2.45) is 0 Å². The van der Waals surface area contributed by atoms with Crippen LogP contribution in [-0.2, 0) is 20.9 Å². The van der Waals surface area contributed by atoms with E-state index in [1.165, 1.54) is 0 Å². The number of benzene rings is 1. The molecule has 1 heterocycles. The van der Waals surface area contributed by atoms with Crippen LogP contribution in [0, 0.1) is 0 Å². The molecule has 1 aliphatic heterocycles. The minimum absolute atomic E-state index is 0.173. The topological polar surface area (TPSA) is 75.6 Å². The third-order valence-corrected chi connectivity index (χ3v) is 4.58. The summed E-state index contributed by atoms with van der Waals surface area (Å²) >= 11 is 1.55. The van der Waals surface area contributed by atoms with Gasteiger partial charge in [-0.2, -0.15) is 11.8 Å². The number of hydrogen-bond acceptors (Lipinski definition) is 4. The lowest BCUT2D eigenvalue weighted by Crippen LogP contribution is -2.54. The fourth-order valence-electron chi connectivity index (χ4n) is 2.14. The predicted molar refractivity (Wildman–Crippen MR) is 81.2 cm³/mol. The van der Waals surface area contributed by atoms with Gasteiger partial charge in [-0.15, -0.1) is 0 Å². The molecule has 0 spiro atoms. The van der Waals surface area contributed by atoms with Gasteiger partial charge in [0.15, 0.2) is 0 Å². The highest BCUT2D eigenvalue weighted by Crippen LogP contribution is 2.28. The van der Waals surface area contributed by atoms with E-state index in [1.807, 2.05) is 30.3 Å². The highest BCUT2D eigenvalue weighted by atomic mass is 32.2. The molecule has 0 saturated carbocycles. The van der Waals surface area contributed by atoms with Gasteiger partial charge < -0.3 is 15.2 Å². The number of thioether (sulfide) groups is 1. The summed E-state index contributed by atoms with van der Waals surface area (Å²) < 4.78 is 5.43. The Bertz CT molecular complexity index is 486. The second kappa shape index (κ2) is 7.47. The van der Waals surface area contributed by atoms with Gasteiger partial charge in [-0.05, 0) is 17.7 Å². The van der Waals surface area contributed by atoms with Crippen molar-refractivity contribution in [1.82, 2.24) is 5.32 Å². The van der Waals surface area contributed by atoms with E-state index in [4.69, 9.17) is 4.74 Å². The normalized spacial score (nSPS) is 21.1. The van der Waals surface area contributed by atoms with Crippen molar-refractivity contribution in [1.29, 1.82) is 0 Å². The van der Waals surface area contributed by atoms with Crippen LogP contribution in [0.3, 0.4) is 0 Å². The van der Waals surface area contributed by atoms with Gasteiger partial charge in [-0.1, -0.05) is 30.3 Å². The van der Waals surface area contributed by atoms with Gasteiger partial charge in [0.1, 0.15) is 5.54 Å². The zero-order valence-corrected chi connectivity index (χ0v) is 12.5. The molecule has 1 aliphatic rings. The quantitative estimate of drug-likeness (QED) is 0.749. The molecule has 5 nitrogen and oxygen atoms in total. The zero-order chi connectivity index (χ0) is 15.1. The summed E-state index contributed by atoms with van der Waals surface area (Å²) in [5.74, 6) is -0.0326. The first kappa shape index (κ1) is 15.9. The van der Waals surface area contributed by atoms with Gasteiger partial charge in [0.2, 0.25) is 5.91 Å². The summed E-state index contributed by atoms with van der Waals surface area (Å²) in [4.78, 5) is 23.2. The van der Waals surface area contributed by atoms with Crippen LogP contribution in [-0.4, -0.2) is 40.6 Å². The van der Waals surface area contributed by atoms with Gasteiger partial charge in [-0.3, -0.25) is 4.79 Å². The van der Waals surface area contributed by atoms with Crippen LogP contribution < -0.4 is 5.32 Å². The van der Waals surface area contributed by atoms with Crippen molar-refractivity contribution < 1.29 is 19.4 Å². The molecule has 1 fully saturated rings. The fourth-order valence-corrected chi connectivity index (χ4v) is 3.47. The Labute approximate surface area is 128 Å². The zero-order valence-electron chi connectivity index (χ0n) is 11.7. The van der Waals surface area contributed by atoms with Gasteiger partial charge >= 0.3 is 5.97 Å². The summed E-state index contributed by atoms with van der Waals surface area (Å²) in [7, 11) is 0. The summed E-state index contributed by atoms with van der Waals surface area (Å²) in [6.45, 7) is 0.734. The third-order valence-electron chi connectivity index (χ3n) is 3.39. The van der Waals surface area contributed by atoms with E-state index in [0.717, 1.165) is 11.3 Å². The number of nitrogens with one attached hydrogen (secondary N) is 1. The first-order chi connectivity index (χ1) is 10.1. The lowest BCUT2D eigenvalue weighted by atomic mass is 9.99. The lowest BCUT2D eigenvalue weighted by molar-refractivity contribution is -0.146. The molecule has 2 rings (SSSR count). The molecule has 0 aliphatic carbocycles. The van der Waals surface area contributed by atoms with E-state index in [0.29, 0.717) is 18.8 Å². The van der Waals surface area contributed by atoms with Crippen molar-refractivity contribution in [3.63, 3.8) is 0 Å². The molecule has 1 unspecified atom stereocenters. The molecule has 0 bridgehead atoms. The van der Waals surface area contributed by atoms with Crippen LogP contribution in [0.25, 0.3) is 0 Å². The van der Waals surface area contributed by atoms with E-state index in [9.17, 15) is 14.7 Å². The van der Waals surface area contributed by atoms with Crippen LogP contribution in [0.2, 0.25) is 0 Å². The molecule has 1 amide bonds. The average molecular weight is 309 g/mol. The number of carbonyl (C=O) groups excluding carboxylic acids is 1. The van der Waals surface area contributed by atoms with Gasteiger partial charge in [0, 0.05) is 5.75 Å². The number of aliphatic carboxylic acids is 1. The number of carboxylic acids is 1. The molecule has 1 aromatic carbocycles. The van der Waals surface area contributed by atoms with Crippen molar-refractivity contribution in [3.05, 3.63) is 35.9 Å². The third kappa shape index (κ3) is 4.47. The van der Waals surface area contributed by atoms with Crippen LogP contribution in [0.5, 0.6) is 0 Å². The summed E-state index contributed by atoms with van der Waals surface area (Å²) in [5, 5.41) is 11.9. The fraction of sp³-hybridized carbons (Fsp3) is 0.467. The standard InChI is InChI=1S/C15H19NO4S/c17-13(16-15(14(18)19)7-9-21-11-15)6-8-20-10-12-4-2-1-3-5-12/h1-5H,6-11H2,(H,16,17)(H,18,19). The van der Waals surface area contributed by atoms with E-state index in [2.05, 4.69) is 5.32 Å². The Balaban J connectivity index is 1.71. The number of rotatable bonds is 7. The first-order valence-electron chi connectivity index (χ1n) is 6.86. The van der Waals surface area contributed by atoms with Crippen LogP contribution in [0.15, 0.2) is 30.3 Å². The minimum atomic E-state index is -1.10. The summed E-state index contributed by atoms with van der Waals surface area (Å²) in [6, 6.07) is 9.70. The number of carboxylic acid groups (broad SMARTS) is 1. The molecule has 1 saturated heterocycles. The van der Waals surface area contributed by atoms with Crippen molar-refractivity contribution in [2.45, 2.75) is 25.0 Å². The molecule has 2 N–H and O–H groups in total. The summed E-state index contributed by atoms with van der Waals surface area (Å²) in [5.41, 5.74) is -0.0478. The van der Waals surface area contributed by atoms with Gasteiger partial charge in [-0.25, -0.2) is 4.79 Å². The van der Waals surface area contributed by atoms with Gasteiger partial charge in [0.05, 0.1) is 19.6 Å². The summed E-state index contributed by atoms with van der Waals surface area (Å²) in [6.07, 6.45) is 0.649. The highest BCUT2D eigenvalue weighted by Gasteiger charge is 2.43. The van der Waals surface area contributed by atoms with Crippen molar-refractivity contribution in [3.8, 4) is 0 Å². The largest absolute Gasteiger partial charge is 0.479 e. The van der Waals surface area contributed by atoms with E-state index >= 15 is 0 Å². The second-order valence-electron chi connectivity index (χ2n) is 5.03. The second-order valence-corrected chi connectivity index (χ2v) is 6.13. The van der Waals surface area contributed by atoms with E-state index in [-0.39, 0.29) is 18.9 Å². The predicted octanol–water partition coefficient (Wildman–Crippen LogP) is 1.67. The number of carbonyl (C=O) groups is 2. The Morgan fingerprint density at radius 2 is 2.10 bits per heavy atom.